The van der Waals surface area contributed by atoms with Crippen LogP contribution >= 0.6 is 0 Å². The molecule has 0 saturated heterocycles. The largest absolute Gasteiger partial charge is 0.454 e. The molecule has 0 aliphatic heterocycles. The molecule has 7 nitrogen and oxygen atoms in total. The number of benzene rings is 1. The fourth-order valence-electron chi connectivity index (χ4n) is 3.06. The lowest BCUT2D eigenvalue weighted by Crippen LogP contribution is -2.23. The summed E-state index contributed by atoms with van der Waals surface area (Å²) in [5, 5.41) is 7.12. The zero-order valence-corrected chi connectivity index (χ0v) is 15.7. The maximum atomic E-state index is 12.5. The standard InChI is InChI=1S/C22H20N4O3/c27-21-8-3-4-12-25(21)16-19-9-10-20(29-19)22(28)23-14-17-6-1-2-7-18(17)15-26-13-5-11-24-26/h1-13H,14-16H2,(H,23,28). The highest BCUT2D eigenvalue weighted by molar-refractivity contribution is 5.91. The second kappa shape index (κ2) is 8.43. The van der Waals surface area contributed by atoms with Crippen molar-refractivity contribution in [3.63, 3.8) is 0 Å². The molecule has 3 aromatic heterocycles. The summed E-state index contributed by atoms with van der Waals surface area (Å²) in [5.41, 5.74) is 1.97. The molecule has 0 unspecified atom stereocenters. The molecule has 0 aliphatic rings. The number of hydrogen-bond donors (Lipinski definition) is 1. The quantitative estimate of drug-likeness (QED) is 0.528. The molecule has 0 fully saturated rings. The van der Waals surface area contributed by atoms with Crippen molar-refractivity contribution in [3.8, 4) is 0 Å². The lowest BCUT2D eigenvalue weighted by atomic mass is 10.1. The molecule has 0 radical (unpaired) electrons. The van der Waals surface area contributed by atoms with Crippen LogP contribution in [0.15, 0.2) is 88.5 Å². The molecule has 0 saturated carbocycles. The SMILES string of the molecule is O=C(NCc1ccccc1Cn1cccn1)c1ccc(Cn2ccccc2=O)o1. The number of rotatable bonds is 7. The molecule has 7 heteroatoms. The molecule has 0 aliphatic carbocycles. The van der Waals surface area contributed by atoms with E-state index in [-0.39, 0.29) is 23.8 Å². The van der Waals surface area contributed by atoms with E-state index in [9.17, 15) is 9.59 Å². The minimum absolute atomic E-state index is 0.122. The van der Waals surface area contributed by atoms with Crippen molar-refractivity contribution in [2.45, 2.75) is 19.6 Å². The average molecular weight is 388 g/mol. The number of furan rings is 1. The molecular formula is C22H20N4O3. The lowest BCUT2D eigenvalue weighted by Gasteiger charge is -2.10. The van der Waals surface area contributed by atoms with Crippen LogP contribution in [0.25, 0.3) is 0 Å². The Morgan fingerprint density at radius 3 is 2.55 bits per heavy atom. The van der Waals surface area contributed by atoms with Crippen LogP contribution in [-0.2, 0) is 19.6 Å². The van der Waals surface area contributed by atoms with Gasteiger partial charge in [-0.05, 0) is 35.4 Å². The second-order valence-corrected chi connectivity index (χ2v) is 6.59. The van der Waals surface area contributed by atoms with E-state index in [1.54, 1.807) is 36.7 Å². The first-order valence-corrected chi connectivity index (χ1v) is 9.25. The Morgan fingerprint density at radius 2 is 1.76 bits per heavy atom. The van der Waals surface area contributed by atoms with Gasteiger partial charge in [0.25, 0.3) is 11.5 Å². The predicted octanol–water partition coefficient (Wildman–Crippen LogP) is 2.66. The highest BCUT2D eigenvalue weighted by Crippen LogP contribution is 2.12. The number of pyridine rings is 1. The van der Waals surface area contributed by atoms with E-state index in [1.807, 2.05) is 41.2 Å². The topological polar surface area (TPSA) is 82.1 Å². The van der Waals surface area contributed by atoms with Gasteiger partial charge in [0.1, 0.15) is 5.76 Å². The van der Waals surface area contributed by atoms with Gasteiger partial charge in [-0.1, -0.05) is 30.3 Å². The molecule has 4 aromatic rings. The predicted molar refractivity (Wildman–Crippen MR) is 107 cm³/mol. The van der Waals surface area contributed by atoms with Gasteiger partial charge in [-0.3, -0.25) is 14.3 Å². The molecule has 4 rings (SSSR count). The monoisotopic (exact) mass is 388 g/mol. The Hall–Kier alpha value is -3.87. The van der Waals surface area contributed by atoms with E-state index in [4.69, 9.17) is 4.42 Å². The fraction of sp³-hybridized carbons (Fsp3) is 0.136. The van der Waals surface area contributed by atoms with E-state index >= 15 is 0 Å². The summed E-state index contributed by atoms with van der Waals surface area (Å²) in [7, 11) is 0. The molecule has 1 N–H and O–H groups in total. The summed E-state index contributed by atoms with van der Waals surface area (Å²) in [6, 6.07) is 18.1. The number of hydrogen-bond acceptors (Lipinski definition) is 4. The van der Waals surface area contributed by atoms with E-state index < -0.39 is 0 Å². The summed E-state index contributed by atoms with van der Waals surface area (Å²) in [5.74, 6) is 0.460. The Labute approximate surface area is 167 Å². The van der Waals surface area contributed by atoms with Crippen LogP contribution in [0, 0.1) is 0 Å². The maximum Gasteiger partial charge on any atom is 0.287 e. The third-order valence-electron chi connectivity index (χ3n) is 4.56. The third-order valence-corrected chi connectivity index (χ3v) is 4.56. The van der Waals surface area contributed by atoms with Gasteiger partial charge in [-0.2, -0.15) is 5.10 Å². The first-order chi connectivity index (χ1) is 14.2. The van der Waals surface area contributed by atoms with Crippen LogP contribution in [0.5, 0.6) is 0 Å². The minimum atomic E-state index is -0.300. The number of carbonyl (C=O) groups is 1. The number of carbonyl (C=O) groups excluding carboxylic acids is 1. The first-order valence-electron chi connectivity index (χ1n) is 9.25. The van der Waals surface area contributed by atoms with Crippen molar-refractivity contribution in [3.05, 3.63) is 112 Å². The Bertz CT molecular complexity index is 1160. The summed E-state index contributed by atoms with van der Waals surface area (Å²) in [4.78, 5) is 24.3. The summed E-state index contributed by atoms with van der Waals surface area (Å²) >= 11 is 0. The van der Waals surface area contributed by atoms with E-state index in [2.05, 4.69) is 10.4 Å². The van der Waals surface area contributed by atoms with Gasteiger partial charge in [0.05, 0.1) is 13.1 Å². The molecular weight excluding hydrogens is 368 g/mol. The van der Waals surface area contributed by atoms with Gasteiger partial charge in [0.15, 0.2) is 5.76 Å². The normalized spacial score (nSPS) is 10.8. The van der Waals surface area contributed by atoms with Gasteiger partial charge >= 0.3 is 0 Å². The molecule has 1 aromatic carbocycles. The Kier molecular flexibility index (Phi) is 5.38. The summed E-state index contributed by atoms with van der Waals surface area (Å²) in [6.45, 7) is 1.29. The van der Waals surface area contributed by atoms with Crippen LogP contribution < -0.4 is 10.9 Å². The molecule has 3 heterocycles. The zero-order chi connectivity index (χ0) is 20.1. The van der Waals surface area contributed by atoms with Crippen molar-refractivity contribution in [2.75, 3.05) is 0 Å². The van der Waals surface area contributed by atoms with E-state index in [0.717, 1.165) is 11.1 Å². The first kappa shape index (κ1) is 18.5. The molecule has 0 atom stereocenters. The molecule has 0 bridgehead atoms. The number of aromatic nitrogens is 3. The highest BCUT2D eigenvalue weighted by atomic mass is 16.4. The van der Waals surface area contributed by atoms with E-state index in [1.165, 1.54) is 10.6 Å². The lowest BCUT2D eigenvalue weighted by molar-refractivity contribution is 0.0921. The van der Waals surface area contributed by atoms with Crippen molar-refractivity contribution in [1.82, 2.24) is 19.7 Å². The molecule has 0 spiro atoms. The summed E-state index contributed by atoms with van der Waals surface area (Å²) < 4.78 is 8.98. The number of nitrogens with one attached hydrogen (secondary N) is 1. The maximum absolute atomic E-state index is 12.5. The molecule has 1 amide bonds. The van der Waals surface area contributed by atoms with Crippen molar-refractivity contribution in [2.24, 2.45) is 0 Å². The summed E-state index contributed by atoms with van der Waals surface area (Å²) in [6.07, 6.45) is 5.32. The van der Waals surface area contributed by atoms with Gasteiger partial charge in [0.2, 0.25) is 0 Å². The van der Waals surface area contributed by atoms with Crippen LogP contribution in [0.4, 0.5) is 0 Å². The van der Waals surface area contributed by atoms with Gasteiger partial charge in [-0.15, -0.1) is 0 Å². The van der Waals surface area contributed by atoms with Gasteiger partial charge in [-0.25, -0.2) is 0 Å². The van der Waals surface area contributed by atoms with Crippen LogP contribution in [0.3, 0.4) is 0 Å². The van der Waals surface area contributed by atoms with E-state index in [0.29, 0.717) is 18.8 Å². The van der Waals surface area contributed by atoms with Crippen LogP contribution in [0.1, 0.15) is 27.4 Å². The average Bonchev–Trinajstić information content (AvgIpc) is 3.41. The minimum Gasteiger partial charge on any atom is -0.454 e. The van der Waals surface area contributed by atoms with Gasteiger partial charge in [0, 0.05) is 31.2 Å². The molecule has 146 valence electrons. The Balaban J connectivity index is 1.40. The fourth-order valence-corrected chi connectivity index (χ4v) is 3.06. The van der Waals surface area contributed by atoms with Crippen LogP contribution in [-0.4, -0.2) is 20.3 Å². The smallest absolute Gasteiger partial charge is 0.287 e. The zero-order valence-electron chi connectivity index (χ0n) is 15.7. The number of amides is 1. The second-order valence-electron chi connectivity index (χ2n) is 6.59. The van der Waals surface area contributed by atoms with Crippen molar-refractivity contribution < 1.29 is 9.21 Å². The van der Waals surface area contributed by atoms with Crippen molar-refractivity contribution in [1.29, 1.82) is 0 Å². The number of nitrogens with zero attached hydrogens (tertiary/aromatic N) is 3. The molecule has 29 heavy (non-hydrogen) atoms. The van der Waals surface area contributed by atoms with Crippen molar-refractivity contribution >= 4 is 5.91 Å². The Morgan fingerprint density at radius 1 is 0.931 bits per heavy atom. The van der Waals surface area contributed by atoms with Gasteiger partial charge < -0.3 is 14.3 Å². The highest BCUT2D eigenvalue weighted by Gasteiger charge is 2.12. The van der Waals surface area contributed by atoms with Crippen LogP contribution in [0.2, 0.25) is 0 Å². The third kappa shape index (κ3) is 4.52.